The Hall–Kier alpha value is -2.70. The predicted octanol–water partition coefficient (Wildman–Crippen LogP) is 5.20. The minimum atomic E-state index is -0.827. The highest BCUT2D eigenvalue weighted by atomic mass is 35.5. The van der Waals surface area contributed by atoms with Crippen LogP contribution >= 0.6 is 23.2 Å². The summed E-state index contributed by atoms with van der Waals surface area (Å²) in [6.45, 7) is 5.84. The summed E-state index contributed by atoms with van der Waals surface area (Å²) in [4.78, 5) is 27.0. The number of nitrogens with one attached hydrogen (secondary N) is 1. The van der Waals surface area contributed by atoms with E-state index in [-0.39, 0.29) is 23.8 Å². The van der Waals surface area contributed by atoms with Crippen molar-refractivity contribution in [2.45, 2.75) is 26.8 Å². The van der Waals surface area contributed by atoms with E-state index in [1.807, 2.05) is 32.0 Å². The summed E-state index contributed by atoms with van der Waals surface area (Å²) in [5, 5.41) is 3.40. The van der Waals surface area contributed by atoms with Crippen LogP contribution < -0.4 is 10.1 Å². The Bertz CT molecular complexity index is 1030. The number of hydrogen-bond donors (Lipinski definition) is 1. The molecule has 0 saturated heterocycles. The Balaban J connectivity index is 2.08. The molecule has 0 bridgehead atoms. The first-order chi connectivity index (χ1) is 14.7. The van der Waals surface area contributed by atoms with Gasteiger partial charge in [-0.1, -0.05) is 41.4 Å². The monoisotopic (exact) mass is 462 g/mol. The second-order valence-electron chi connectivity index (χ2n) is 7.28. The van der Waals surface area contributed by atoms with Crippen LogP contribution in [0.4, 0.5) is 4.79 Å². The molecule has 0 aromatic heterocycles. The van der Waals surface area contributed by atoms with Crippen LogP contribution in [0.15, 0.2) is 47.7 Å². The van der Waals surface area contributed by atoms with Gasteiger partial charge < -0.3 is 14.8 Å². The molecule has 1 N–H and O–H groups in total. The molecule has 1 atom stereocenters. The summed E-state index contributed by atoms with van der Waals surface area (Å²) < 4.78 is 11.3. The topological polar surface area (TPSA) is 67.9 Å². The Morgan fingerprint density at radius 2 is 1.84 bits per heavy atom. The van der Waals surface area contributed by atoms with E-state index >= 15 is 0 Å². The summed E-state index contributed by atoms with van der Waals surface area (Å²) >= 11 is 12.6. The van der Waals surface area contributed by atoms with Crippen LogP contribution in [0.1, 0.15) is 29.7 Å². The fraction of sp³-hybridized carbons (Fsp3) is 0.304. The van der Waals surface area contributed by atoms with Gasteiger partial charge in [0.15, 0.2) is 0 Å². The molecular formula is C23H24Cl2N2O4. The normalized spacial score (nSPS) is 16.3. The lowest BCUT2D eigenvalue weighted by molar-refractivity contribution is -0.139. The quantitative estimate of drug-likeness (QED) is 0.598. The van der Waals surface area contributed by atoms with E-state index in [4.69, 9.17) is 32.7 Å². The number of rotatable bonds is 6. The number of urea groups is 1. The Morgan fingerprint density at radius 3 is 2.48 bits per heavy atom. The van der Waals surface area contributed by atoms with Crippen LogP contribution in [0.3, 0.4) is 0 Å². The zero-order valence-electron chi connectivity index (χ0n) is 17.8. The summed E-state index contributed by atoms with van der Waals surface area (Å²) in [5.41, 5.74) is 3.24. The van der Waals surface area contributed by atoms with Crippen molar-refractivity contribution < 1.29 is 19.1 Å². The third-order valence-corrected chi connectivity index (χ3v) is 5.77. The summed E-state index contributed by atoms with van der Waals surface area (Å²) in [5.74, 6) is 0.0827. The predicted molar refractivity (Wildman–Crippen MR) is 121 cm³/mol. The smallest absolute Gasteiger partial charge is 0.338 e. The van der Waals surface area contributed by atoms with Gasteiger partial charge in [0.2, 0.25) is 0 Å². The van der Waals surface area contributed by atoms with Crippen LogP contribution in [0.2, 0.25) is 10.0 Å². The molecule has 0 aliphatic carbocycles. The van der Waals surface area contributed by atoms with E-state index in [0.29, 0.717) is 22.0 Å². The molecule has 0 saturated carbocycles. The number of ether oxygens (including phenoxy) is 2. The number of aryl methyl sites for hydroxylation is 2. The maximum Gasteiger partial charge on any atom is 0.338 e. The Morgan fingerprint density at radius 1 is 1.16 bits per heavy atom. The SMILES string of the molecule is CCOC(=O)C1=C(COc2cc(C)cc(C)c2)N(C)C(=O)N[C@H]1c1cccc(Cl)c1Cl. The molecule has 0 fully saturated rings. The zero-order valence-corrected chi connectivity index (χ0v) is 19.3. The van der Waals surface area contributed by atoms with E-state index in [1.54, 1.807) is 32.2 Å². The average Bonchev–Trinajstić information content (AvgIpc) is 2.70. The standard InChI is InChI=1S/C23H24Cl2N2O4/c1-5-30-22(28)19-18(12-31-15-10-13(2)9-14(3)11-15)27(4)23(29)26-21(19)16-7-6-8-17(24)20(16)25/h6-11,21H,5,12H2,1-4H3,(H,26,29)/t21-/m0/s1. The second kappa shape index (κ2) is 9.62. The van der Waals surface area contributed by atoms with E-state index in [1.165, 1.54) is 4.90 Å². The highest BCUT2D eigenvalue weighted by Gasteiger charge is 2.38. The number of likely N-dealkylation sites (N-methyl/N-ethyl adjacent to an activating group) is 1. The van der Waals surface area contributed by atoms with Gasteiger partial charge in [0.05, 0.1) is 34.0 Å². The molecule has 2 amide bonds. The van der Waals surface area contributed by atoms with Crippen LogP contribution in [-0.4, -0.2) is 37.2 Å². The van der Waals surface area contributed by atoms with Gasteiger partial charge in [0.1, 0.15) is 12.4 Å². The highest BCUT2D eigenvalue weighted by Crippen LogP contribution is 2.37. The molecule has 3 rings (SSSR count). The summed E-state index contributed by atoms with van der Waals surface area (Å²) in [6.07, 6.45) is 0. The first kappa shape index (κ1) is 23.0. The maximum absolute atomic E-state index is 13.0. The number of hydrogen-bond acceptors (Lipinski definition) is 4. The first-order valence-electron chi connectivity index (χ1n) is 9.82. The number of amides is 2. The van der Waals surface area contributed by atoms with E-state index in [0.717, 1.165) is 11.1 Å². The van der Waals surface area contributed by atoms with Gasteiger partial charge in [0.25, 0.3) is 0 Å². The Kier molecular flexibility index (Phi) is 7.13. The summed E-state index contributed by atoms with van der Waals surface area (Å²) in [6, 6.07) is 9.67. The number of carbonyl (C=O) groups excluding carboxylic acids is 2. The number of esters is 1. The van der Waals surface area contributed by atoms with Crippen LogP contribution in [0, 0.1) is 13.8 Å². The molecule has 31 heavy (non-hydrogen) atoms. The van der Waals surface area contributed by atoms with Gasteiger partial charge in [-0.2, -0.15) is 0 Å². The summed E-state index contributed by atoms with van der Waals surface area (Å²) in [7, 11) is 1.57. The largest absolute Gasteiger partial charge is 0.487 e. The molecule has 0 unspecified atom stereocenters. The second-order valence-corrected chi connectivity index (χ2v) is 8.06. The third-order valence-electron chi connectivity index (χ3n) is 4.94. The molecular weight excluding hydrogens is 439 g/mol. The van der Waals surface area contributed by atoms with Gasteiger partial charge in [-0.3, -0.25) is 4.90 Å². The van der Waals surface area contributed by atoms with E-state index < -0.39 is 18.0 Å². The zero-order chi connectivity index (χ0) is 22.7. The third kappa shape index (κ3) is 4.97. The van der Waals surface area contributed by atoms with Gasteiger partial charge in [0, 0.05) is 7.05 Å². The number of halogens is 2. The van der Waals surface area contributed by atoms with Crippen molar-refractivity contribution >= 4 is 35.2 Å². The van der Waals surface area contributed by atoms with Crippen LogP contribution in [-0.2, 0) is 9.53 Å². The number of benzene rings is 2. The Labute approximate surface area is 191 Å². The van der Waals surface area contributed by atoms with Crippen LogP contribution in [0.5, 0.6) is 5.75 Å². The van der Waals surface area contributed by atoms with Crippen molar-refractivity contribution in [3.05, 3.63) is 74.4 Å². The minimum Gasteiger partial charge on any atom is -0.487 e. The average molecular weight is 463 g/mol. The lowest BCUT2D eigenvalue weighted by atomic mass is 9.94. The van der Waals surface area contributed by atoms with Gasteiger partial charge in [-0.25, -0.2) is 9.59 Å². The van der Waals surface area contributed by atoms with E-state index in [9.17, 15) is 9.59 Å². The molecule has 164 valence electrons. The van der Waals surface area contributed by atoms with Crippen molar-refractivity contribution in [2.75, 3.05) is 20.3 Å². The highest BCUT2D eigenvalue weighted by molar-refractivity contribution is 6.42. The van der Waals surface area contributed by atoms with Crippen molar-refractivity contribution in [3.8, 4) is 5.75 Å². The molecule has 0 radical (unpaired) electrons. The fourth-order valence-corrected chi connectivity index (χ4v) is 3.94. The van der Waals surface area contributed by atoms with Crippen molar-refractivity contribution in [3.63, 3.8) is 0 Å². The fourth-order valence-electron chi connectivity index (χ4n) is 3.53. The van der Waals surface area contributed by atoms with Gasteiger partial charge in [-0.15, -0.1) is 0 Å². The van der Waals surface area contributed by atoms with Crippen LogP contribution in [0.25, 0.3) is 0 Å². The van der Waals surface area contributed by atoms with Gasteiger partial charge in [-0.05, 0) is 55.7 Å². The molecule has 1 heterocycles. The molecule has 1 aliphatic rings. The molecule has 8 heteroatoms. The lowest BCUT2D eigenvalue weighted by Crippen LogP contribution is -2.48. The molecule has 0 spiro atoms. The number of nitrogens with zero attached hydrogens (tertiary/aromatic N) is 1. The molecule has 1 aliphatic heterocycles. The lowest BCUT2D eigenvalue weighted by Gasteiger charge is -2.34. The van der Waals surface area contributed by atoms with Crippen molar-refractivity contribution in [2.24, 2.45) is 0 Å². The van der Waals surface area contributed by atoms with Gasteiger partial charge >= 0.3 is 12.0 Å². The van der Waals surface area contributed by atoms with Crippen molar-refractivity contribution in [1.29, 1.82) is 0 Å². The first-order valence-corrected chi connectivity index (χ1v) is 10.6. The molecule has 2 aromatic carbocycles. The van der Waals surface area contributed by atoms with E-state index in [2.05, 4.69) is 5.32 Å². The maximum atomic E-state index is 13.0. The molecule has 2 aromatic rings. The number of carbonyl (C=O) groups is 2. The van der Waals surface area contributed by atoms with Crippen molar-refractivity contribution in [1.82, 2.24) is 10.2 Å². The molecule has 6 nitrogen and oxygen atoms in total. The minimum absolute atomic E-state index is 0.00432.